The molecule has 1 fully saturated rings. The van der Waals surface area contributed by atoms with Crippen molar-refractivity contribution in [2.75, 3.05) is 53.1 Å². The topological polar surface area (TPSA) is 60.0 Å². The number of likely N-dealkylation sites (tertiary alicyclic amines) is 1. The molecule has 1 amide bonds. The van der Waals surface area contributed by atoms with E-state index >= 15 is 0 Å². The van der Waals surface area contributed by atoms with Crippen molar-refractivity contribution in [1.29, 1.82) is 0 Å². The second-order valence-corrected chi connectivity index (χ2v) is 6.35. The lowest BCUT2D eigenvalue weighted by atomic mass is 9.96. The van der Waals surface area contributed by atoms with E-state index in [2.05, 4.69) is 10.2 Å². The minimum atomic E-state index is -0.0474. The number of amides is 1. The van der Waals surface area contributed by atoms with Crippen LogP contribution in [0.2, 0.25) is 0 Å². The van der Waals surface area contributed by atoms with E-state index in [0.717, 1.165) is 45.6 Å². The van der Waals surface area contributed by atoms with Gasteiger partial charge in [-0.25, -0.2) is 0 Å². The number of hydrogen-bond donors (Lipinski definition) is 1. The second-order valence-electron chi connectivity index (χ2n) is 6.35. The number of carbonyl (C=O) groups excluding carboxylic acids is 1. The molecule has 1 aromatic carbocycles. The van der Waals surface area contributed by atoms with E-state index in [0.29, 0.717) is 36.2 Å². The number of rotatable bonds is 6. The molecule has 0 bridgehead atoms. The summed E-state index contributed by atoms with van der Waals surface area (Å²) in [5.41, 5.74) is 0.622. The van der Waals surface area contributed by atoms with Gasteiger partial charge in [-0.05, 0) is 50.0 Å². The average molecular weight is 334 g/mol. The molecule has 0 radical (unpaired) electrons. The van der Waals surface area contributed by atoms with Crippen molar-refractivity contribution in [3.63, 3.8) is 0 Å². The summed E-state index contributed by atoms with van der Waals surface area (Å²) in [6.07, 6.45) is 2.23. The zero-order valence-corrected chi connectivity index (χ0v) is 14.3. The molecule has 2 aliphatic heterocycles. The van der Waals surface area contributed by atoms with Gasteiger partial charge in [0.2, 0.25) is 0 Å². The first-order valence-electron chi connectivity index (χ1n) is 8.65. The van der Waals surface area contributed by atoms with Crippen LogP contribution in [0.4, 0.5) is 0 Å². The van der Waals surface area contributed by atoms with E-state index in [1.54, 1.807) is 25.3 Å². The molecule has 24 heavy (non-hydrogen) atoms. The van der Waals surface area contributed by atoms with Crippen LogP contribution in [0, 0.1) is 5.92 Å². The van der Waals surface area contributed by atoms with Crippen LogP contribution in [-0.2, 0) is 4.74 Å². The van der Waals surface area contributed by atoms with Gasteiger partial charge >= 0.3 is 0 Å². The van der Waals surface area contributed by atoms with Crippen molar-refractivity contribution >= 4 is 5.91 Å². The highest BCUT2D eigenvalue weighted by molar-refractivity contribution is 5.94. The summed E-state index contributed by atoms with van der Waals surface area (Å²) >= 11 is 0. The summed E-state index contributed by atoms with van der Waals surface area (Å²) in [7, 11) is 1.74. The summed E-state index contributed by atoms with van der Waals surface area (Å²) in [6, 6.07) is 5.35. The van der Waals surface area contributed by atoms with E-state index in [4.69, 9.17) is 14.2 Å². The Morgan fingerprint density at radius 3 is 2.75 bits per heavy atom. The van der Waals surface area contributed by atoms with Crippen LogP contribution in [0.15, 0.2) is 18.2 Å². The summed E-state index contributed by atoms with van der Waals surface area (Å²) < 4.78 is 16.1. The first kappa shape index (κ1) is 17.0. The monoisotopic (exact) mass is 334 g/mol. The number of fused-ring (bicyclic) bond motifs is 1. The van der Waals surface area contributed by atoms with Crippen LogP contribution in [0.1, 0.15) is 23.2 Å². The highest BCUT2D eigenvalue weighted by atomic mass is 16.6. The zero-order chi connectivity index (χ0) is 16.8. The van der Waals surface area contributed by atoms with Crippen molar-refractivity contribution in [1.82, 2.24) is 10.2 Å². The molecular weight excluding hydrogens is 308 g/mol. The molecule has 2 aliphatic rings. The van der Waals surface area contributed by atoms with E-state index in [-0.39, 0.29) is 5.91 Å². The molecule has 0 atom stereocenters. The first-order valence-corrected chi connectivity index (χ1v) is 8.65. The normalized spacial score (nSPS) is 18.4. The number of ether oxygens (including phenoxy) is 3. The fourth-order valence-electron chi connectivity index (χ4n) is 3.16. The number of nitrogens with one attached hydrogen (secondary N) is 1. The quantitative estimate of drug-likeness (QED) is 0.855. The summed E-state index contributed by atoms with van der Waals surface area (Å²) in [6.45, 7) is 5.74. The molecule has 1 saturated heterocycles. The van der Waals surface area contributed by atoms with Crippen LogP contribution in [0.5, 0.6) is 11.5 Å². The largest absolute Gasteiger partial charge is 0.486 e. The average Bonchev–Trinajstić information content (AvgIpc) is 2.65. The molecule has 1 aromatic rings. The molecule has 0 spiro atoms. The van der Waals surface area contributed by atoms with Crippen molar-refractivity contribution in [2.24, 2.45) is 5.92 Å². The minimum absolute atomic E-state index is 0.0474. The highest BCUT2D eigenvalue weighted by Crippen LogP contribution is 2.30. The molecule has 6 nitrogen and oxygen atoms in total. The van der Waals surface area contributed by atoms with Gasteiger partial charge in [0, 0.05) is 25.8 Å². The maximum absolute atomic E-state index is 12.3. The van der Waals surface area contributed by atoms with Gasteiger partial charge < -0.3 is 24.4 Å². The molecule has 6 heteroatoms. The number of nitrogens with zero attached hydrogens (tertiary/aromatic N) is 1. The maximum atomic E-state index is 12.3. The standard InChI is InChI=1S/C18H26N2O4/c1-22-9-8-20-6-4-14(5-7-20)13-19-18(21)15-2-3-16-17(12-15)24-11-10-23-16/h2-3,12,14H,4-11,13H2,1H3,(H,19,21). The molecule has 0 aromatic heterocycles. The van der Waals surface area contributed by atoms with Crippen LogP contribution < -0.4 is 14.8 Å². The van der Waals surface area contributed by atoms with E-state index in [9.17, 15) is 4.79 Å². The third-order valence-electron chi connectivity index (χ3n) is 4.67. The van der Waals surface area contributed by atoms with Crippen molar-refractivity contribution in [3.8, 4) is 11.5 Å². The van der Waals surface area contributed by atoms with E-state index in [1.165, 1.54) is 0 Å². The summed E-state index contributed by atoms with van der Waals surface area (Å²) in [4.78, 5) is 14.8. The Bertz CT molecular complexity index is 556. The first-order chi connectivity index (χ1) is 11.8. The molecule has 0 aliphatic carbocycles. The minimum Gasteiger partial charge on any atom is -0.486 e. The lowest BCUT2D eigenvalue weighted by Gasteiger charge is -2.31. The number of piperidine rings is 1. The summed E-state index contributed by atoms with van der Waals surface area (Å²) in [5.74, 6) is 1.86. The third-order valence-corrected chi connectivity index (χ3v) is 4.67. The Labute approximate surface area is 143 Å². The fourth-order valence-corrected chi connectivity index (χ4v) is 3.16. The Morgan fingerprint density at radius 1 is 1.25 bits per heavy atom. The van der Waals surface area contributed by atoms with Gasteiger partial charge in [-0.1, -0.05) is 0 Å². The highest BCUT2D eigenvalue weighted by Gasteiger charge is 2.20. The zero-order valence-electron chi connectivity index (χ0n) is 14.3. The van der Waals surface area contributed by atoms with Crippen molar-refractivity contribution in [3.05, 3.63) is 23.8 Å². The Balaban J connectivity index is 1.44. The smallest absolute Gasteiger partial charge is 0.251 e. The lowest BCUT2D eigenvalue weighted by molar-refractivity contribution is 0.0924. The summed E-state index contributed by atoms with van der Waals surface area (Å²) in [5, 5.41) is 3.05. The van der Waals surface area contributed by atoms with Crippen molar-refractivity contribution < 1.29 is 19.0 Å². The molecule has 0 unspecified atom stereocenters. The van der Waals surface area contributed by atoms with E-state index in [1.807, 2.05) is 0 Å². The van der Waals surface area contributed by atoms with Crippen LogP contribution in [-0.4, -0.2) is 63.9 Å². The SMILES string of the molecule is COCCN1CCC(CNC(=O)c2ccc3c(c2)OCCO3)CC1. The van der Waals surface area contributed by atoms with Crippen molar-refractivity contribution in [2.45, 2.75) is 12.8 Å². The molecule has 132 valence electrons. The number of carbonyl (C=O) groups is 1. The van der Waals surface area contributed by atoms with Gasteiger partial charge in [-0.15, -0.1) is 0 Å². The predicted molar refractivity (Wildman–Crippen MR) is 90.8 cm³/mol. The lowest BCUT2D eigenvalue weighted by Crippen LogP contribution is -2.39. The van der Waals surface area contributed by atoms with Gasteiger partial charge in [-0.3, -0.25) is 4.79 Å². The van der Waals surface area contributed by atoms with E-state index < -0.39 is 0 Å². The van der Waals surface area contributed by atoms with Crippen LogP contribution in [0.25, 0.3) is 0 Å². The molecule has 2 heterocycles. The fraction of sp³-hybridized carbons (Fsp3) is 0.611. The Kier molecular flexibility index (Phi) is 5.93. The second kappa shape index (κ2) is 8.35. The number of benzene rings is 1. The molecule has 1 N–H and O–H groups in total. The van der Waals surface area contributed by atoms with Gasteiger partial charge in [0.05, 0.1) is 6.61 Å². The van der Waals surface area contributed by atoms with Crippen LogP contribution in [0.3, 0.4) is 0 Å². The molecule has 3 rings (SSSR count). The number of hydrogen-bond acceptors (Lipinski definition) is 5. The van der Waals surface area contributed by atoms with Gasteiger partial charge in [-0.2, -0.15) is 0 Å². The molecular formula is C18H26N2O4. The maximum Gasteiger partial charge on any atom is 0.251 e. The van der Waals surface area contributed by atoms with Gasteiger partial charge in [0.15, 0.2) is 11.5 Å². The Morgan fingerprint density at radius 2 is 2.00 bits per heavy atom. The predicted octanol–water partition coefficient (Wildman–Crippen LogP) is 1.55. The molecule has 0 saturated carbocycles. The number of methoxy groups -OCH3 is 1. The van der Waals surface area contributed by atoms with Gasteiger partial charge in [0.1, 0.15) is 13.2 Å². The van der Waals surface area contributed by atoms with Gasteiger partial charge in [0.25, 0.3) is 5.91 Å². The van der Waals surface area contributed by atoms with Crippen LogP contribution >= 0.6 is 0 Å². The third kappa shape index (κ3) is 4.39. The Hall–Kier alpha value is -1.79.